The summed E-state index contributed by atoms with van der Waals surface area (Å²) in [4.78, 5) is 11.7. The topological polar surface area (TPSA) is 46.5 Å². The van der Waals surface area contributed by atoms with Gasteiger partial charge in [0, 0.05) is 22.9 Å². The van der Waals surface area contributed by atoms with E-state index in [4.69, 9.17) is 27.9 Å². The third-order valence-electron chi connectivity index (χ3n) is 4.43. The first-order chi connectivity index (χ1) is 13.2. The summed E-state index contributed by atoms with van der Waals surface area (Å²) in [7, 11) is 0. The van der Waals surface area contributed by atoms with Crippen molar-refractivity contribution in [2.75, 3.05) is 6.61 Å². The Morgan fingerprint density at radius 2 is 1.79 bits per heavy atom. The Morgan fingerprint density at radius 1 is 1.14 bits per heavy atom. The molecule has 1 N–H and O–H groups in total. The van der Waals surface area contributed by atoms with Crippen molar-refractivity contribution >= 4 is 29.0 Å². The number of halogens is 3. The molecule has 1 unspecified atom stereocenters. The van der Waals surface area contributed by atoms with E-state index in [9.17, 15) is 14.3 Å². The largest absolute Gasteiger partial charge is 0.508 e. The molecule has 1 atom stereocenters. The van der Waals surface area contributed by atoms with Crippen molar-refractivity contribution in [3.63, 3.8) is 0 Å². The van der Waals surface area contributed by atoms with Crippen LogP contribution in [0.2, 0.25) is 10.0 Å². The Morgan fingerprint density at radius 3 is 2.36 bits per heavy atom. The molecule has 0 bridgehead atoms. The molecule has 0 aromatic heterocycles. The molecule has 0 aliphatic carbocycles. The molecule has 2 aromatic carbocycles. The maximum Gasteiger partial charge on any atom is 0.170 e. The van der Waals surface area contributed by atoms with Crippen LogP contribution < -0.4 is 4.74 Å². The lowest BCUT2D eigenvalue weighted by Crippen LogP contribution is -2.12. The van der Waals surface area contributed by atoms with Gasteiger partial charge in [-0.25, -0.2) is 4.39 Å². The summed E-state index contributed by atoms with van der Waals surface area (Å²) < 4.78 is 18.3. The van der Waals surface area contributed by atoms with Crippen molar-refractivity contribution in [1.82, 2.24) is 0 Å². The fraction of sp³-hybridized carbons (Fsp3) is 0.409. The van der Waals surface area contributed by atoms with Gasteiger partial charge >= 0.3 is 0 Å². The molecule has 6 heteroatoms. The molecule has 2 rings (SSSR count). The predicted molar refractivity (Wildman–Crippen MR) is 112 cm³/mol. The fourth-order valence-electron chi connectivity index (χ4n) is 2.81. The van der Waals surface area contributed by atoms with Crippen molar-refractivity contribution in [2.45, 2.75) is 52.1 Å². The minimum absolute atomic E-state index is 0.135. The van der Waals surface area contributed by atoms with Crippen LogP contribution in [0.1, 0.15) is 56.2 Å². The van der Waals surface area contributed by atoms with Crippen molar-refractivity contribution in [3.8, 4) is 11.5 Å². The van der Waals surface area contributed by atoms with Gasteiger partial charge in [-0.05, 0) is 54.2 Å². The third kappa shape index (κ3) is 6.39. The summed E-state index contributed by atoms with van der Waals surface area (Å²) in [5.74, 6) is 0.686. The monoisotopic (exact) mass is 426 g/mol. The minimum Gasteiger partial charge on any atom is -0.508 e. The zero-order valence-electron chi connectivity index (χ0n) is 16.3. The highest BCUT2D eigenvalue weighted by atomic mass is 35.5. The van der Waals surface area contributed by atoms with Gasteiger partial charge in [-0.1, -0.05) is 49.2 Å². The number of benzene rings is 2. The lowest BCUT2D eigenvalue weighted by Gasteiger charge is -2.14. The van der Waals surface area contributed by atoms with E-state index >= 15 is 0 Å². The highest BCUT2D eigenvalue weighted by Gasteiger charge is 2.14. The first kappa shape index (κ1) is 22.5. The Labute approximate surface area is 175 Å². The Bertz CT molecular complexity index is 812. The Kier molecular flexibility index (Phi) is 8.14. The molecule has 0 amide bonds. The van der Waals surface area contributed by atoms with Crippen molar-refractivity contribution in [2.24, 2.45) is 0 Å². The van der Waals surface area contributed by atoms with E-state index in [2.05, 4.69) is 0 Å². The van der Waals surface area contributed by atoms with E-state index in [-0.39, 0.29) is 36.9 Å². The Hall–Kier alpha value is -1.78. The highest BCUT2D eigenvalue weighted by molar-refractivity contribution is 6.36. The number of carbonyl (C=O) groups is 1. The molecule has 28 heavy (non-hydrogen) atoms. The number of phenolic OH excluding ortho intramolecular Hbond substituents is 1. The van der Waals surface area contributed by atoms with Gasteiger partial charge < -0.3 is 9.84 Å². The first-order valence-electron chi connectivity index (χ1n) is 9.25. The number of aromatic hydroxyl groups is 1. The molecule has 0 spiro atoms. The average molecular weight is 427 g/mol. The van der Waals surface area contributed by atoms with Gasteiger partial charge in [-0.15, -0.1) is 0 Å². The van der Waals surface area contributed by atoms with Gasteiger partial charge in [0.25, 0.3) is 0 Å². The van der Waals surface area contributed by atoms with E-state index in [0.717, 1.165) is 16.7 Å². The summed E-state index contributed by atoms with van der Waals surface area (Å²) in [6.45, 7) is 5.31. The molecule has 2 aromatic rings. The van der Waals surface area contributed by atoms with Crippen LogP contribution in [0.5, 0.6) is 11.5 Å². The van der Waals surface area contributed by atoms with Crippen molar-refractivity contribution < 1.29 is 19.0 Å². The number of phenols is 1. The van der Waals surface area contributed by atoms with E-state index in [1.165, 1.54) is 6.92 Å². The number of Topliss-reactive ketones (excluding diaryl/α,β-unsaturated/α-hetero) is 1. The van der Waals surface area contributed by atoms with Gasteiger partial charge in [0.15, 0.2) is 5.78 Å². The molecule has 0 fully saturated rings. The second-order valence-electron chi connectivity index (χ2n) is 7.24. The molecule has 0 heterocycles. The highest BCUT2D eigenvalue weighted by Crippen LogP contribution is 2.34. The lowest BCUT2D eigenvalue weighted by molar-refractivity contribution is -0.121. The molecule has 0 radical (unpaired) electrons. The van der Waals surface area contributed by atoms with Gasteiger partial charge in [0.1, 0.15) is 18.1 Å². The van der Waals surface area contributed by atoms with Crippen LogP contribution in [0, 0.1) is 0 Å². The van der Waals surface area contributed by atoms with Crippen LogP contribution in [0.4, 0.5) is 4.39 Å². The number of hydrogen-bond donors (Lipinski definition) is 1. The summed E-state index contributed by atoms with van der Waals surface area (Å²) >= 11 is 12.8. The van der Waals surface area contributed by atoms with Gasteiger partial charge in [-0.3, -0.25) is 4.79 Å². The summed E-state index contributed by atoms with van der Waals surface area (Å²) in [5.41, 5.74) is 2.59. The smallest absolute Gasteiger partial charge is 0.170 e. The molecule has 0 aliphatic heterocycles. The quantitative estimate of drug-likeness (QED) is 0.497. The Balaban J connectivity index is 2.10. The van der Waals surface area contributed by atoms with Gasteiger partial charge in [0.05, 0.1) is 6.17 Å². The summed E-state index contributed by atoms with van der Waals surface area (Å²) in [6, 6.07) is 8.70. The fourth-order valence-corrected chi connectivity index (χ4v) is 3.41. The zero-order valence-corrected chi connectivity index (χ0v) is 17.8. The SMILES string of the molecule is CC(F)CCC(=O)COc1cc(Cl)c(Cc2ccc(O)c(C(C)C)c2)c(Cl)c1. The van der Waals surface area contributed by atoms with E-state index < -0.39 is 6.17 Å². The van der Waals surface area contributed by atoms with E-state index in [1.807, 2.05) is 26.0 Å². The maximum absolute atomic E-state index is 12.8. The van der Waals surface area contributed by atoms with Crippen LogP contribution in [-0.2, 0) is 11.2 Å². The molecule has 0 saturated carbocycles. The first-order valence-corrected chi connectivity index (χ1v) is 10.0. The maximum atomic E-state index is 12.8. The van der Waals surface area contributed by atoms with Crippen molar-refractivity contribution in [1.29, 1.82) is 0 Å². The second kappa shape index (κ2) is 10.1. The standard InChI is InChI=1S/C22H25Cl2FO3/c1-13(2)18-8-15(5-7-22(18)27)9-19-20(23)10-17(11-21(19)24)28-12-16(26)6-4-14(3)25/h5,7-8,10-11,13-14,27H,4,6,9,12H2,1-3H3. The number of ether oxygens (including phenoxy) is 1. The van der Waals surface area contributed by atoms with E-state index in [0.29, 0.717) is 22.2 Å². The van der Waals surface area contributed by atoms with E-state index in [1.54, 1.807) is 18.2 Å². The van der Waals surface area contributed by atoms with Crippen LogP contribution in [0.3, 0.4) is 0 Å². The summed E-state index contributed by atoms with van der Waals surface area (Å²) in [6.07, 6.45) is -0.182. The predicted octanol–water partition coefficient (Wildman–Crippen LogP) is 6.50. The third-order valence-corrected chi connectivity index (χ3v) is 5.10. The van der Waals surface area contributed by atoms with Crippen molar-refractivity contribution in [3.05, 3.63) is 57.1 Å². The van der Waals surface area contributed by atoms with Gasteiger partial charge in [-0.2, -0.15) is 0 Å². The molecular weight excluding hydrogens is 402 g/mol. The lowest BCUT2D eigenvalue weighted by atomic mass is 9.96. The molecule has 0 saturated heterocycles. The zero-order chi connectivity index (χ0) is 20.8. The molecule has 0 aliphatic rings. The normalized spacial score (nSPS) is 12.2. The molecular formula is C22H25Cl2FO3. The number of alkyl halides is 1. The summed E-state index contributed by atoms with van der Waals surface area (Å²) in [5, 5.41) is 10.8. The number of ketones is 1. The minimum atomic E-state index is -1.01. The average Bonchev–Trinajstić information content (AvgIpc) is 2.62. The van der Waals surface area contributed by atoms with Crippen LogP contribution >= 0.6 is 23.2 Å². The number of carbonyl (C=O) groups excluding carboxylic acids is 1. The number of rotatable bonds is 9. The van der Waals surface area contributed by atoms with Crippen LogP contribution in [0.15, 0.2) is 30.3 Å². The molecule has 3 nitrogen and oxygen atoms in total. The van der Waals surface area contributed by atoms with Gasteiger partial charge in [0.2, 0.25) is 0 Å². The van der Waals surface area contributed by atoms with Crippen LogP contribution in [0.25, 0.3) is 0 Å². The molecule has 152 valence electrons. The number of hydrogen-bond acceptors (Lipinski definition) is 3. The second-order valence-corrected chi connectivity index (χ2v) is 8.05. The van der Waals surface area contributed by atoms with Crippen LogP contribution in [-0.4, -0.2) is 23.7 Å².